The summed E-state index contributed by atoms with van der Waals surface area (Å²) in [6, 6.07) is -1.03. The summed E-state index contributed by atoms with van der Waals surface area (Å²) in [5.41, 5.74) is 5.63. The number of methoxy groups -OCH3 is 1. The highest BCUT2D eigenvalue weighted by molar-refractivity contribution is 5.73. The smallest absolute Gasteiger partial charge is 0.334 e. The molecule has 0 radical (unpaired) electrons. The minimum absolute atomic E-state index is 0.503. The Morgan fingerprint density at radius 1 is 1.50 bits per heavy atom. The van der Waals surface area contributed by atoms with Gasteiger partial charge in [-0.2, -0.15) is 0 Å². The Kier molecular flexibility index (Phi) is 5.45. The van der Waals surface area contributed by atoms with Crippen molar-refractivity contribution in [2.24, 2.45) is 5.73 Å². The molecule has 0 aromatic carbocycles. The molecule has 18 heavy (non-hydrogen) atoms. The maximum atomic E-state index is 11.2. The van der Waals surface area contributed by atoms with Crippen LogP contribution >= 0.6 is 0 Å². The third kappa shape index (κ3) is 3.16. The van der Waals surface area contributed by atoms with Crippen LogP contribution in [-0.2, 0) is 19.0 Å². The number of carbonyl (C=O) groups excluding carboxylic acids is 1. The molecule has 1 rings (SSSR count). The average Bonchev–Trinajstić information content (AvgIpc) is 2.37. The minimum atomic E-state index is -1.39. The van der Waals surface area contributed by atoms with Crippen LogP contribution in [0.15, 0.2) is 0 Å². The van der Waals surface area contributed by atoms with Crippen molar-refractivity contribution in [3.8, 4) is 0 Å². The molecule has 6 unspecified atom stereocenters. The lowest BCUT2D eigenvalue weighted by molar-refractivity contribution is -0.263. The largest absolute Gasteiger partial charge is 0.467 e. The van der Waals surface area contributed by atoms with E-state index in [2.05, 4.69) is 4.74 Å². The fourth-order valence-electron chi connectivity index (χ4n) is 1.73. The molecule has 0 aromatic heterocycles. The molecule has 0 aliphatic carbocycles. The number of hydrogen-bond donors (Lipinski definition) is 4. The Balaban J connectivity index is 2.73. The number of aliphatic hydroxyl groups is 3. The van der Waals surface area contributed by atoms with Gasteiger partial charge in [-0.15, -0.1) is 0 Å². The Morgan fingerprint density at radius 2 is 2.11 bits per heavy atom. The molecule has 1 aliphatic heterocycles. The maximum absolute atomic E-state index is 11.2. The van der Waals surface area contributed by atoms with Crippen LogP contribution in [0.3, 0.4) is 0 Å². The zero-order chi connectivity index (χ0) is 13.9. The van der Waals surface area contributed by atoms with Crippen molar-refractivity contribution in [1.82, 2.24) is 0 Å². The molecule has 1 aliphatic rings. The topological polar surface area (TPSA) is 131 Å². The fourth-order valence-corrected chi connectivity index (χ4v) is 1.73. The van der Waals surface area contributed by atoms with Crippen molar-refractivity contribution < 1.29 is 34.3 Å². The van der Waals surface area contributed by atoms with Crippen molar-refractivity contribution in [3.63, 3.8) is 0 Å². The first-order chi connectivity index (χ1) is 8.42. The molecule has 5 N–H and O–H groups in total. The van der Waals surface area contributed by atoms with Gasteiger partial charge in [0.05, 0.1) is 19.8 Å². The Morgan fingerprint density at radius 3 is 2.61 bits per heavy atom. The molecule has 1 saturated heterocycles. The van der Waals surface area contributed by atoms with Gasteiger partial charge in [0, 0.05) is 0 Å². The first-order valence-electron chi connectivity index (χ1n) is 5.53. The Hall–Kier alpha value is -0.770. The van der Waals surface area contributed by atoms with Crippen molar-refractivity contribution >= 4 is 5.97 Å². The highest BCUT2D eigenvalue weighted by atomic mass is 16.6. The van der Waals surface area contributed by atoms with Gasteiger partial charge in [0.1, 0.15) is 18.3 Å². The fraction of sp³-hybridized carbons (Fsp3) is 0.900. The third-order valence-electron chi connectivity index (χ3n) is 2.81. The van der Waals surface area contributed by atoms with E-state index < -0.39 is 49.3 Å². The number of hydrogen-bond acceptors (Lipinski definition) is 8. The van der Waals surface area contributed by atoms with E-state index in [0.717, 1.165) is 0 Å². The predicted octanol–water partition coefficient (Wildman–Crippen LogP) is -2.67. The molecule has 0 bridgehead atoms. The van der Waals surface area contributed by atoms with Gasteiger partial charge in [0.15, 0.2) is 12.4 Å². The van der Waals surface area contributed by atoms with E-state index >= 15 is 0 Å². The lowest BCUT2D eigenvalue weighted by atomic mass is 9.97. The van der Waals surface area contributed by atoms with Gasteiger partial charge in [0.25, 0.3) is 0 Å². The van der Waals surface area contributed by atoms with E-state index in [-0.39, 0.29) is 0 Å². The van der Waals surface area contributed by atoms with Crippen molar-refractivity contribution in [2.75, 3.05) is 13.7 Å². The first-order valence-corrected chi connectivity index (χ1v) is 5.53. The number of rotatable bonds is 4. The number of ether oxygens (including phenoxy) is 3. The van der Waals surface area contributed by atoms with E-state index in [1.807, 2.05) is 0 Å². The molecular formula is C10H19NO7. The van der Waals surface area contributed by atoms with Crippen LogP contribution in [0.25, 0.3) is 0 Å². The highest BCUT2D eigenvalue weighted by Gasteiger charge is 2.44. The SMILES string of the molecule is COC(=O)C(C)OC1C(N)C(O)OC(CO)C1O. The molecule has 6 atom stereocenters. The van der Waals surface area contributed by atoms with Gasteiger partial charge in [-0.1, -0.05) is 0 Å². The number of aliphatic hydroxyl groups excluding tert-OH is 3. The van der Waals surface area contributed by atoms with Crippen LogP contribution < -0.4 is 5.73 Å². The second-order valence-electron chi connectivity index (χ2n) is 4.08. The van der Waals surface area contributed by atoms with Gasteiger partial charge >= 0.3 is 5.97 Å². The van der Waals surface area contributed by atoms with Crippen LogP contribution in [0.2, 0.25) is 0 Å². The van der Waals surface area contributed by atoms with Crippen LogP contribution in [-0.4, -0.2) is 71.8 Å². The molecule has 8 nitrogen and oxygen atoms in total. The maximum Gasteiger partial charge on any atom is 0.334 e. The quantitative estimate of drug-likeness (QED) is 0.405. The molecule has 8 heteroatoms. The van der Waals surface area contributed by atoms with E-state index in [0.29, 0.717) is 0 Å². The summed E-state index contributed by atoms with van der Waals surface area (Å²) in [4.78, 5) is 11.2. The minimum Gasteiger partial charge on any atom is -0.467 e. The molecule has 1 heterocycles. The van der Waals surface area contributed by atoms with Crippen molar-refractivity contribution in [3.05, 3.63) is 0 Å². The van der Waals surface area contributed by atoms with Crippen LogP contribution in [0.4, 0.5) is 0 Å². The molecular weight excluding hydrogens is 246 g/mol. The molecule has 106 valence electrons. The Bertz CT molecular complexity index is 287. The van der Waals surface area contributed by atoms with Gasteiger partial charge in [-0.3, -0.25) is 0 Å². The predicted molar refractivity (Wildman–Crippen MR) is 58.3 cm³/mol. The van der Waals surface area contributed by atoms with E-state index in [4.69, 9.17) is 20.3 Å². The van der Waals surface area contributed by atoms with E-state index in [9.17, 15) is 15.0 Å². The summed E-state index contributed by atoms with van der Waals surface area (Å²) in [7, 11) is 1.20. The Labute approximate surface area is 104 Å². The zero-order valence-electron chi connectivity index (χ0n) is 10.2. The lowest BCUT2D eigenvalue weighted by Crippen LogP contribution is -2.63. The van der Waals surface area contributed by atoms with Crippen LogP contribution in [0, 0.1) is 0 Å². The molecule has 0 aromatic rings. The zero-order valence-corrected chi connectivity index (χ0v) is 10.2. The number of nitrogens with two attached hydrogens (primary N) is 1. The van der Waals surface area contributed by atoms with Gasteiger partial charge in [-0.25, -0.2) is 4.79 Å². The number of carbonyl (C=O) groups is 1. The first kappa shape index (κ1) is 15.3. The van der Waals surface area contributed by atoms with Gasteiger partial charge in [0.2, 0.25) is 0 Å². The summed E-state index contributed by atoms with van der Waals surface area (Å²) in [5.74, 6) is -0.629. The second kappa shape index (κ2) is 6.41. The molecule has 1 fully saturated rings. The number of esters is 1. The molecule has 0 spiro atoms. The van der Waals surface area contributed by atoms with Crippen LogP contribution in [0.5, 0.6) is 0 Å². The highest BCUT2D eigenvalue weighted by Crippen LogP contribution is 2.22. The summed E-state index contributed by atoms with van der Waals surface area (Å²) >= 11 is 0. The monoisotopic (exact) mass is 265 g/mol. The normalized spacial score (nSPS) is 38.2. The third-order valence-corrected chi connectivity index (χ3v) is 2.81. The standard InChI is InChI=1S/C10H19NO7/c1-4(9(14)16-2)17-8-6(11)10(15)18-5(3-12)7(8)13/h4-8,10,12-13,15H,3,11H2,1-2H3. The van der Waals surface area contributed by atoms with Gasteiger partial charge in [-0.05, 0) is 6.92 Å². The molecule has 0 saturated carbocycles. The van der Waals surface area contributed by atoms with Gasteiger partial charge < -0.3 is 35.3 Å². The summed E-state index contributed by atoms with van der Waals surface area (Å²) in [5, 5.41) is 28.4. The summed E-state index contributed by atoms with van der Waals surface area (Å²) < 4.78 is 14.6. The summed E-state index contributed by atoms with van der Waals surface area (Å²) in [6.45, 7) is 0.929. The average molecular weight is 265 g/mol. The van der Waals surface area contributed by atoms with E-state index in [1.54, 1.807) is 0 Å². The second-order valence-corrected chi connectivity index (χ2v) is 4.08. The van der Waals surface area contributed by atoms with Crippen molar-refractivity contribution in [1.29, 1.82) is 0 Å². The lowest BCUT2D eigenvalue weighted by Gasteiger charge is -2.41. The van der Waals surface area contributed by atoms with Crippen LogP contribution in [0.1, 0.15) is 6.92 Å². The summed E-state index contributed by atoms with van der Waals surface area (Å²) in [6.07, 6.45) is -5.65. The van der Waals surface area contributed by atoms with E-state index in [1.165, 1.54) is 14.0 Å². The molecule has 0 amide bonds. The van der Waals surface area contributed by atoms with Crippen molar-refractivity contribution in [2.45, 2.75) is 43.7 Å².